The van der Waals surface area contributed by atoms with Crippen LogP contribution in [0.25, 0.3) is 0 Å². The molecule has 0 amide bonds. The van der Waals surface area contributed by atoms with E-state index in [0.29, 0.717) is 5.82 Å². The Morgan fingerprint density at radius 3 is 2.70 bits per heavy atom. The molecule has 0 fully saturated rings. The van der Waals surface area contributed by atoms with Crippen molar-refractivity contribution in [2.45, 2.75) is 26.4 Å². The zero-order valence-electron chi connectivity index (χ0n) is 11.8. The molecule has 0 aliphatic rings. The summed E-state index contributed by atoms with van der Waals surface area (Å²) in [6, 6.07) is 13.4. The molecule has 5 heteroatoms. The number of aromatic nitrogens is 1. The van der Waals surface area contributed by atoms with Gasteiger partial charge in [-0.15, -0.1) is 0 Å². The lowest BCUT2D eigenvalue weighted by molar-refractivity contribution is 0.217. The van der Waals surface area contributed by atoms with E-state index in [-0.39, 0.29) is 6.10 Å². The third-order valence-corrected chi connectivity index (χ3v) is 2.92. The zero-order valence-corrected chi connectivity index (χ0v) is 11.8. The number of pyridine rings is 1. The van der Waals surface area contributed by atoms with E-state index < -0.39 is 0 Å². The minimum Gasteiger partial charge on any atom is -0.491 e. The largest absolute Gasteiger partial charge is 0.491 e. The number of nitrogens with one attached hydrogen (secondary N) is 2. The van der Waals surface area contributed by atoms with Crippen molar-refractivity contribution in [2.75, 3.05) is 10.7 Å². The average molecular weight is 272 g/mol. The van der Waals surface area contributed by atoms with Crippen molar-refractivity contribution in [3.05, 3.63) is 42.5 Å². The molecule has 0 saturated heterocycles. The van der Waals surface area contributed by atoms with Crippen LogP contribution in [-0.2, 0) is 0 Å². The van der Waals surface area contributed by atoms with Crippen molar-refractivity contribution in [1.29, 1.82) is 0 Å². The van der Waals surface area contributed by atoms with Gasteiger partial charge in [0.2, 0.25) is 0 Å². The molecule has 0 saturated carbocycles. The summed E-state index contributed by atoms with van der Waals surface area (Å²) in [5.74, 6) is 7.53. The molecule has 106 valence electrons. The Bertz CT molecular complexity index is 559. The van der Waals surface area contributed by atoms with E-state index >= 15 is 0 Å². The molecule has 4 N–H and O–H groups in total. The topological polar surface area (TPSA) is 72.2 Å². The number of ether oxygens (including phenoxy) is 1. The number of nitrogen functional groups attached to an aromatic ring is 1. The standard InChI is InChI=1S/C15H20N4O/c1-3-11(2)20-13-7-4-6-12(10-13)17-14-8-5-9-15(18-14)19-16/h4-11H,3,16H2,1-2H3,(H2,17,18,19). The van der Waals surface area contributed by atoms with Gasteiger partial charge in [-0.1, -0.05) is 19.1 Å². The van der Waals surface area contributed by atoms with Crippen LogP contribution in [0.1, 0.15) is 20.3 Å². The molecule has 1 atom stereocenters. The number of hydrogen-bond donors (Lipinski definition) is 3. The highest BCUT2D eigenvalue weighted by Crippen LogP contribution is 2.22. The predicted molar refractivity (Wildman–Crippen MR) is 82.2 cm³/mol. The third-order valence-electron chi connectivity index (χ3n) is 2.92. The number of rotatable bonds is 6. The number of hydrazine groups is 1. The van der Waals surface area contributed by atoms with E-state index in [0.717, 1.165) is 23.7 Å². The van der Waals surface area contributed by atoms with Crippen LogP contribution in [0.15, 0.2) is 42.5 Å². The van der Waals surface area contributed by atoms with Gasteiger partial charge in [-0.25, -0.2) is 10.8 Å². The van der Waals surface area contributed by atoms with Gasteiger partial charge in [0.25, 0.3) is 0 Å². The van der Waals surface area contributed by atoms with Crippen molar-refractivity contribution >= 4 is 17.3 Å². The summed E-state index contributed by atoms with van der Waals surface area (Å²) >= 11 is 0. The fraction of sp³-hybridized carbons (Fsp3) is 0.267. The van der Waals surface area contributed by atoms with Crippen molar-refractivity contribution in [3.8, 4) is 5.75 Å². The average Bonchev–Trinajstić information content (AvgIpc) is 2.47. The minimum atomic E-state index is 0.202. The number of nitrogens with zero attached hydrogens (tertiary/aromatic N) is 1. The number of hydrogen-bond acceptors (Lipinski definition) is 5. The van der Waals surface area contributed by atoms with E-state index in [1.54, 1.807) is 6.07 Å². The Balaban J connectivity index is 2.10. The molecule has 0 aliphatic heterocycles. The Hall–Kier alpha value is -2.27. The maximum atomic E-state index is 5.79. The van der Waals surface area contributed by atoms with Crippen molar-refractivity contribution in [3.63, 3.8) is 0 Å². The van der Waals surface area contributed by atoms with Gasteiger partial charge in [0.15, 0.2) is 0 Å². The van der Waals surface area contributed by atoms with Crippen molar-refractivity contribution in [2.24, 2.45) is 5.84 Å². The first-order valence-corrected chi connectivity index (χ1v) is 6.68. The molecule has 0 bridgehead atoms. The SMILES string of the molecule is CCC(C)Oc1cccc(Nc2cccc(NN)n2)c1. The molecule has 20 heavy (non-hydrogen) atoms. The van der Waals surface area contributed by atoms with Gasteiger partial charge in [0.05, 0.1) is 6.10 Å². The number of nitrogens with two attached hydrogens (primary N) is 1. The van der Waals surface area contributed by atoms with Gasteiger partial charge in [0, 0.05) is 11.8 Å². The van der Waals surface area contributed by atoms with Crippen molar-refractivity contribution < 1.29 is 4.74 Å². The minimum absolute atomic E-state index is 0.202. The molecule has 1 aromatic carbocycles. The molecule has 1 unspecified atom stereocenters. The quantitative estimate of drug-likeness (QED) is 0.556. The summed E-state index contributed by atoms with van der Waals surface area (Å²) in [5, 5.41) is 3.22. The van der Waals surface area contributed by atoms with Gasteiger partial charge in [-0.05, 0) is 37.6 Å². The van der Waals surface area contributed by atoms with E-state index in [4.69, 9.17) is 10.6 Å². The molecule has 0 aliphatic carbocycles. The second kappa shape index (κ2) is 6.77. The predicted octanol–water partition coefficient (Wildman–Crippen LogP) is 3.29. The molecular weight excluding hydrogens is 252 g/mol. The number of benzene rings is 1. The van der Waals surface area contributed by atoms with Gasteiger partial charge < -0.3 is 15.5 Å². The molecule has 2 aromatic rings. The summed E-state index contributed by atoms with van der Waals surface area (Å²) in [4.78, 5) is 4.31. The Morgan fingerprint density at radius 1 is 1.20 bits per heavy atom. The lowest BCUT2D eigenvalue weighted by Gasteiger charge is -2.14. The molecule has 1 aromatic heterocycles. The fourth-order valence-electron chi connectivity index (χ4n) is 1.70. The van der Waals surface area contributed by atoms with Gasteiger partial charge >= 0.3 is 0 Å². The maximum absolute atomic E-state index is 5.79. The highest BCUT2D eigenvalue weighted by Gasteiger charge is 2.03. The van der Waals surface area contributed by atoms with Gasteiger partial charge in [0.1, 0.15) is 17.4 Å². The summed E-state index contributed by atoms with van der Waals surface area (Å²) in [6.07, 6.45) is 1.18. The van der Waals surface area contributed by atoms with Crippen LogP contribution >= 0.6 is 0 Å². The first-order chi connectivity index (χ1) is 9.71. The highest BCUT2D eigenvalue weighted by atomic mass is 16.5. The van der Waals surface area contributed by atoms with E-state index in [9.17, 15) is 0 Å². The van der Waals surface area contributed by atoms with Gasteiger partial charge in [-0.2, -0.15) is 0 Å². The van der Waals surface area contributed by atoms with Crippen LogP contribution in [0.2, 0.25) is 0 Å². The molecule has 0 spiro atoms. The maximum Gasteiger partial charge on any atom is 0.142 e. The van der Waals surface area contributed by atoms with Crippen LogP contribution < -0.4 is 21.3 Å². The molecule has 1 heterocycles. The van der Waals surface area contributed by atoms with E-state index in [1.165, 1.54) is 0 Å². The van der Waals surface area contributed by atoms with Crippen LogP contribution in [0.5, 0.6) is 5.75 Å². The lowest BCUT2D eigenvalue weighted by atomic mass is 10.2. The molecule has 0 radical (unpaired) electrons. The van der Waals surface area contributed by atoms with Crippen LogP contribution in [0.3, 0.4) is 0 Å². The van der Waals surface area contributed by atoms with Gasteiger partial charge in [-0.3, -0.25) is 0 Å². The van der Waals surface area contributed by atoms with E-state index in [2.05, 4.69) is 29.6 Å². The third kappa shape index (κ3) is 3.86. The Morgan fingerprint density at radius 2 is 1.95 bits per heavy atom. The molecule has 2 rings (SSSR count). The van der Waals surface area contributed by atoms with Crippen LogP contribution in [-0.4, -0.2) is 11.1 Å². The second-order valence-corrected chi connectivity index (χ2v) is 4.54. The van der Waals surface area contributed by atoms with Crippen LogP contribution in [0, 0.1) is 0 Å². The zero-order chi connectivity index (χ0) is 14.4. The monoisotopic (exact) mass is 272 g/mol. The normalized spacial score (nSPS) is 11.8. The van der Waals surface area contributed by atoms with E-state index in [1.807, 2.05) is 36.4 Å². The Labute approximate surface area is 119 Å². The Kier molecular flexibility index (Phi) is 4.79. The summed E-state index contributed by atoms with van der Waals surface area (Å²) in [7, 11) is 0. The first-order valence-electron chi connectivity index (χ1n) is 6.68. The summed E-state index contributed by atoms with van der Waals surface area (Å²) < 4.78 is 5.79. The fourth-order valence-corrected chi connectivity index (χ4v) is 1.70. The summed E-state index contributed by atoms with van der Waals surface area (Å²) in [6.45, 7) is 4.15. The highest BCUT2D eigenvalue weighted by molar-refractivity contribution is 5.59. The smallest absolute Gasteiger partial charge is 0.142 e. The molecule has 5 nitrogen and oxygen atoms in total. The molecular formula is C15H20N4O. The lowest BCUT2D eigenvalue weighted by Crippen LogP contribution is -2.10. The van der Waals surface area contributed by atoms with Crippen molar-refractivity contribution in [1.82, 2.24) is 4.98 Å². The summed E-state index contributed by atoms with van der Waals surface area (Å²) in [5.41, 5.74) is 3.45. The second-order valence-electron chi connectivity index (χ2n) is 4.54. The number of anilines is 3. The first kappa shape index (κ1) is 14.1. The van der Waals surface area contributed by atoms with Crippen LogP contribution in [0.4, 0.5) is 17.3 Å².